The Hall–Kier alpha value is -0.700. The molecule has 0 bridgehead atoms. The molecule has 1 heterocycles. The van der Waals surface area contributed by atoms with Gasteiger partial charge in [-0.15, -0.1) is 0 Å². The first-order chi connectivity index (χ1) is 8.45. The predicted octanol–water partition coefficient (Wildman–Crippen LogP) is 0.755. The first-order valence-electron chi connectivity index (χ1n) is 5.79. The number of primary sulfonamides is 1. The van der Waals surface area contributed by atoms with E-state index < -0.39 is 10.0 Å². The van der Waals surface area contributed by atoms with Crippen LogP contribution in [0.1, 0.15) is 25.7 Å². The van der Waals surface area contributed by atoms with Crippen molar-refractivity contribution in [1.29, 1.82) is 0 Å². The van der Waals surface area contributed by atoms with Crippen molar-refractivity contribution < 1.29 is 13.5 Å². The molecule has 1 fully saturated rings. The largest absolute Gasteiger partial charge is 0.396 e. The summed E-state index contributed by atoms with van der Waals surface area (Å²) in [5.74, 6) is 0. The van der Waals surface area contributed by atoms with Crippen molar-refractivity contribution in [2.24, 2.45) is 10.6 Å². The SMILES string of the molecule is NS(=O)(=O)c1cnc(NCC2(CCO)CCC2)s1. The van der Waals surface area contributed by atoms with Crippen LogP contribution in [0.4, 0.5) is 5.13 Å². The number of anilines is 1. The van der Waals surface area contributed by atoms with Gasteiger partial charge in [0.05, 0.1) is 6.20 Å². The minimum Gasteiger partial charge on any atom is -0.396 e. The summed E-state index contributed by atoms with van der Waals surface area (Å²) in [5.41, 5.74) is 0.141. The van der Waals surface area contributed by atoms with Crippen LogP contribution in [-0.2, 0) is 10.0 Å². The molecule has 0 atom stereocenters. The zero-order valence-electron chi connectivity index (χ0n) is 9.92. The number of thiazole rings is 1. The molecule has 1 aromatic heterocycles. The molecule has 1 aliphatic rings. The number of aromatic nitrogens is 1. The Bertz CT molecular complexity index is 508. The molecule has 0 saturated heterocycles. The van der Waals surface area contributed by atoms with E-state index in [4.69, 9.17) is 10.2 Å². The molecule has 2 rings (SSSR count). The fourth-order valence-electron chi connectivity index (χ4n) is 2.16. The molecule has 6 nitrogen and oxygen atoms in total. The topological polar surface area (TPSA) is 105 Å². The van der Waals surface area contributed by atoms with Crippen molar-refractivity contribution in [3.05, 3.63) is 6.20 Å². The van der Waals surface area contributed by atoms with Crippen LogP contribution in [0.15, 0.2) is 10.4 Å². The summed E-state index contributed by atoms with van der Waals surface area (Å²) in [5, 5.41) is 17.8. The average molecular weight is 291 g/mol. The fourth-order valence-corrected chi connectivity index (χ4v) is 3.61. The number of aliphatic hydroxyl groups is 1. The zero-order valence-corrected chi connectivity index (χ0v) is 11.6. The molecular formula is C10H17N3O3S2. The Kier molecular flexibility index (Phi) is 3.90. The lowest BCUT2D eigenvalue weighted by Gasteiger charge is -2.41. The minimum atomic E-state index is -3.66. The lowest BCUT2D eigenvalue weighted by Crippen LogP contribution is -2.37. The number of nitrogens with zero attached hydrogens (tertiary/aromatic N) is 1. The van der Waals surface area contributed by atoms with Crippen LogP contribution < -0.4 is 10.5 Å². The quantitative estimate of drug-likeness (QED) is 0.717. The second kappa shape index (κ2) is 5.12. The summed E-state index contributed by atoms with van der Waals surface area (Å²) in [6, 6.07) is 0. The van der Waals surface area contributed by atoms with E-state index >= 15 is 0 Å². The zero-order chi connectivity index (χ0) is 13.2. The van der Waals surface area contributed by atoms with Gasteiger partial charge in [-0.05, 0) is 24.7 Å². The van der Waals surface area contributed by atoms with Gasteiger partial charge in [0.25, 0.3) is 0 Å². The maximum Gasteiger partial charge on any atom is 0.249 e. The molecule has 0 amide bonds. The summed E-state index contributed by atoms with van der Waals surface area (Å²) >= 11 is 1.04. The monoisotopic (exact) mass is 291 g/mol. The summed E-state index contributed by atoms with van der Waals surface area (Å²) in [6.07, 6.45) is 5.40. The van der Waals surface area contributed by atoms with Crippen LogP contribution in [0.25, 0.3) is 0 Å². The van der Waals surface area contributed by atoms with E-state index in [0.717, 1.165) is 30.6 Å². The van der Waals surface area contributed by atoms with E-state index in [1.54, 1.807) is 0 Å². The molecule has 0 spiro atoms. The van der Waals surface area contributed by atoms with Crippen LogP contribution in [-0.4, -0.2) is 31.7 Å². The predicted molar refractivity (Wildman–Crippen MR) is 70.0 cm³/mol. The average Bonchev–Trinajstić information content (AvgIpc) is 2.70. The highest BCUT2D eigenvalue weighted by molar-refractivity contribution is 7.91. The molecule has 1 saturated carbocycles. The van der Waals surface area contributed by atoms with Crippen molar-refractivity contribution >= 4 is 26.5 Å². The minimum absolute atomic E-state index is 0.0646. The van der Waals surface area contributed by atoms with Crippen LogP contribution >= 0.6 is 11.3 Å². The smallest absolute Gasteiger partial charge is 0.249 e. The highest BCUT2D eigenvalue weighted by Gasteiger charge is 2.36. The molecule has 0 aliphatic heterocycles. The molecule has 0 aromatic carbocycles. The molecule has 0 unspecified atom stereocenters. The third kappa shape index (κ3) is 3.00. The number of hydrogen-bond donors (Lipinski definition) is 3. The normalized spacial score (nSPS) is 18.3. The van der Waals surface area contributed by atoms with Gasteiger partial charge in [-0.3, -0.25) is 0 Å². The first kappa shape index (κ1) is 13.7. The van der Waals surface area contributed by atoms with Crippen LogP contribution in [0.3, 0.4) is 0 Å². The Morgan fingerprint density at radius 1 is 1.56 bits per heavy atom. The molecule has 18 heavy (non-hydrogen) atoms. The molecule has 1 aromatic rings. The molecule has 0 radical (unpaired) electrons. The highest BCUT2D eigenvalue weighted by atomic mass is 32.2. The van der Waals surface area contributed by atoms with Gasteiger partial charge in [0.15, 0.2) is 9.34 Å². The van der Waals surface area contributed by atoms with E-state index in [0.29, 0.717) is 11.7 Å². The Morgan fingerprint density at radius 3 is 2.72 bits per heavy atom. The van der Waals surface area contributed by atoms with Gasteiger partial charge in [-0.25, -0.2) is 18.5 Å². The second-order valence-corrected chi connectivity index (χ2v) is 7.53. The fraction of sp³-hybridized carbons (Fsp3) is 0.700. The Balaban J connectivity index is 1.96. The second-order valence-electron chi connectivity index (χ2n) is 4.71. The van der Waals surface area contributed by atoms with Gasteiger partial charge in [-0.1, -0.05) is 17.8 Å². The number of hydrogen-bond acceptors (Lipinski definition) is 6. The van der Waals surface area contributed by atoms with E-state index in [1.807, 2.05) is 0 Å². The van der Waals surface area contributed by atoms with E-state index in [9.17, 15) is 8.42 Å². The summed E-state index contributed by atoms with van der Waals surface area (Å²) in [7, 11) is -3.66. The maximum atomic E-state index is 11.1. The first-order valence-corrected chi connectivity index (χ1v) is 8.15. The number of nitrogens with one attached hydrogen (secondary N) is 1. The van der Waals surface area contributed by atoms with Gasteiger partial charge in [0, 0.05) is 13.2 Å². The van der Waals surface area contributed by atoms with Gasteiger partial charge in [0.1, 0.15) is 0 Å². The molecule has 1 aliphatic carbocycles. The lowest BCUT2D eigenvalue weighted by atomic mass is 9.67. The third-order valence-electron chi connectivity index (χ3n) is 3.44. The molecular weight excluding hydrogens is 274 g/mol. The summed E-state index contributed by atoms with van der Waals surface area (Å²) in [6.45, 7) is 0.896. The number of aliphatic hydroxyl groups excluding tert-OH is 1. The van der Waals surface area contributed by atoms with E-state index in [2.05, 4.69) is 10.3 Å². The third-order valence-corrected chi connectivity index (χ3v) is 5.80. The van der Waals surface area contributed by atoms with E-state index in [1.165, 1.54) is 12.6 Å². The van der Waals surface area contributed by atoms with Crippen molar-refractivity contribution in [1.82, 2.24) is 4.98 Å². The van der Waals surface area contributed by atoms with Crippen LogP contribution in [0, 0.1) is 5.41 Å². The molecule has 4 N–H and O–H groups in total. The Morgan fingerprint density at radius 2 is 2.28 bits per heavy atom. The summed E-state index contributed by atoms with van der Waals surface area (Å²) in [4.78, 5) is 3.99. The van der Waals surface area contributed by atoms with Crippen molar-refractivity contribution in [2.75, 3.05) is 18.5 Å². The van der Waals surface area contributed by atoms with Gasteiger partial charge >= 0.3 is 0 Å². The highest BCUT2D eigenvalue weighted by Crippen LogP contribution is 2.43. The van der Waals surface area contributed by atoms with Gasteiger partial charge < -0.3 is 10.4 Å². The molecule has 8 heteroatoms. The van der Waals surface area contributed by atoms with Crippen molar-refractivity contribution in [2.45, 2.75) is 29.9 Å². The maximum absolute atomic E-state index is 11.1. The lowest BCUT2D eigenvalue weighted by molar-refractivity contribution is 0.102. The number of rotatable bonds is 6. The number of sulfonamides is 1. The summed E-state index contributed by atoms with van der Waals surface area (Å²) < 4.78 is 22.3. The van der Waals surface area contributed by atoms with Gasteiger partial charge in [-0.2, -0.15) is 0 Å². The molecule has 102 valence electrons. The van der Waals surface area contributed by atoms with Gasteiger partial charge in [0.2, 0.25) is 10.0 Å². The van der Waals surface area contributed by atoms with Crippen molar-refractivity contribution in [3.63, 3.8) is 0 Å². The van der Waals surface area contributed by atoms with E-state index in [-0.39, 0.29) is 16.2 Å². The standard InChI is InChI=1S/C10H17N3O3S2/c11-18(15,16)8-6-12-9(17-8)13-7-10(4-5-14)2-1-3-10/h6,14H,1-5,7H2,(H,12,13)(H2,11,15,16). The van der Waals surface area contributed by atoms with Crippen LogP contribution in [0.2, 0.25) is 0 Å². The van der Waals surface area contributed by atoms with Crippen LogP contribution in [0.5, 0.6) is 0 Å². The van der Waals surface area contributed by atoms with Crippen molar-refractivity contribution in [3.8, 4) is 0 Å². The Labute approximate surface area is 110 Å². The number of nitrogens with two attached hydrogens (primary N) is 1.